The summed E-state index contributed by atoms with van der Waals surface area (Å²) in [7, 11) is 0. The minimum atomic E-state index is -0.274. The zero-order valence-corrected chi connectivity index (χ0v) is 8.59. The van der Waals surface area contributed by atoms with E-state index in [9.17, 15) is 4.79 Å². The van der Waals surface area contributed by atoms with Gasteiger partial charge in [0.05, 0.1) is 6.61 Å². The van der Waals surface area contributed by atoms with E-state index in [1.807, 2.05) is 24.3 Å². The highest BCUT2D eigenvalue weighted by Gasteiger charge is 1.97. The average molecular weight is 211 g/mol. The molecule has 3 nitrogen and oxygen atoms in total. The van der Waals surface area contributed by atoms with Crippen molar-refractivity contribution < 1.29 is 9.90 Å². The van der Waals surface area contributed by atoms with Crippen LogP contribution in [0.25, 0.3) is 0 Å². The van der Waals surface area contributed by atoms with Crippen LogP contribution in [0.1, 0.15) is 12.0 Å². The lowest BCUT2D eigenvalue weighted by molar-refractivity contribution is -0.117. The minimum Gasteiger partial charge on any atom is -0.392 e. The van der Waals surface area contributed by atoms with E-state index >= 15 is 0 Å². The van der Waals surface area contributed by atoms with E-state index in [2.05, 4.69) is 0 Å². The quantitative estimate of drug-likeness (QED) is 0.718. The molecule has 0 radical (unpaired) electrons. The van der Waals surface area contributed by atoms with Crippen LogP contribution in [0.5, 0.6) is 0 Å². The molecule has 0 fully saturated rings. The number of benzene rings is 1. The van der Waals surface area contributed by atoms with E-state index in [1.54, 1.807) is 11.8 Å². The molecule has 1 rings (SSSR count). The Bertz CT molecular complexity index is 297. The molecule has 0 bridgehead atoms. The van der Waals surface area contributed by atoms with Crippen LogP contribution in [-0.2, 0) is 11.4 Å². The summed E-state index contributed by atoms with van der Waals surface area (Å²) in [5, 5.41) is 8.81. The molecule has 0 spiro atoms. The Morgan fingerprint density at radius 3 is 2.50 bits per heavy atom. The van der Waals surface area contributed by atoms with Crippen molar-refractivity contribution in [1.82, 2.24) is 0 Å². The first-order valence-corrected chi connectivity index (χ1v) is 5.32. The predicted molar refractivity (Wildman–Crippen MR) is 56.9 cm³/mol. The van der Waals surface area contributed by atoms with Gasteiger partial charge in [-0.15, -0.1) is 11.8 Å². The van der Waals surface area contributed by atoms with Gasteiger partial charge in [0.15, 0.2) is 0 Å². The number of aliphatic hydroxyl groups excluding tert-OH is 1. The fraction of sp³-hybridized carbons (Fsp3) is 0.300. The Labute approximate surface area is 87.3 Å². The third-order valence-corrected chi connectivity index (χ3v) is 2.74. The maximum Gasteiger partial charge on any atom is 0.218 e. The third kappa shape index (κ3) is 3.81. The second-order valence-electron chi connectivity index (χ2n) is 2.87. The van der Waals surface area contributed by atoms with E-state index in [4.69, 9.17) is 10.8 Å². The van der Waals surface area contributed by atoms with Crippen molar-refractivity contribution in [2.75, 3.05) is 5.75 Å². The summed E-state index contributed by atoms with van der Waals surface area (Å²) in [6.07, 6.45) is 0.395. The third-order valence-electron chi connectivity index (χ3n) is 1.72. The van der Waals surface area contributed by atoms with Crippen molar-refractivity contribution in [1.29, 1.82) is 0 Å². The summed E-state index contributed by atoms with van der Waals surface area (Å²) in [6, 6.07) is 7.59. The number of carbonyl (C=O) groups is 1. The van der Waals surface area contributed by atoms with E-state index in [0.717, 1.165) is 10.5 Å². The molecule has 0 saturated carbocycles. The van der Waals surface area contributed by atoms with Crippen molar-refractivity contribution in [2.45, 2.75) is 17.9 Å². The number of amides is 1. The second kappa shape index (κ2) is 5.67. The van der Waals surface area contributed by atoms with Crippen molar-refractivity contribution in [3.63, 3.8) is 0 Å². The number of primary amides is 1. The number of nitrogens with two attached hydrogens (primary N) is 1. The standard InChI is InChI=1S/C10H13NO2S/c11-10(13)5-6-14-9-3-1-8(7-12)2-4-9/h1-4,12H,5-7H2,(H2,11,13). The summed E-state index contributed by atoms with van der Waals surface area (Å²) in [4.78, 5) is 11.6. The molecule has 0 aliphatic carbocycles. The van der Waals surface area contributed by atoms with E-state index in [1.165, 1.54) is 0 Å². The lowest BCUT2D eigenvalue weighted by atomic mass is 10.2. The van der Waals surface area contributed by atoms with Gasteiger partial charge >= 0.3 is 0 Å². The lowest BCUT2D eigenvalue weighted by Crippen LogP contribution is -2.10. The molecule has 14 heavy (non-hydrogen) atoms. The SMILES string of the molecule is NC(=O)CCSc1ccc(CO)cc1. The molecule has 0 aliphatic rings. The van der Waals surface area contributed by atoms with Crippen LogP contribution >= 0.6 is 11.8 Å². The van der Waals surface area contributed by atoms with Crippen LogP contribution in [0, 0.1) is 0 Å². The number of hydrogen-bond donors (Lipinski definition) is 2. The van der Waals surface area contributed by atoms with Crippen molar-refractivity contribution in [3.8, 4) is 0 Å². The van der Waals surface area contributed by atoms with Gasteiger partial charge in [-0.05, 0) is 17.7 Å². The molecular weight excluding hydrogens is 198 g/mol. The number of aliphatic hydroxyl groups is 1. The highest BCUT2D eigenvalue weighted by molar-refractivity contribution is 7.99. The van der Waals surface area contributed by atoms with Crippen LogP contribution in [0.3, 0.4) is 0 Å². The average Bonchev–Trinajstić information content (AvgIpc) is 2.18. The van der Waals surface area contributed by atoms with E-state index < -0.39 is 0 Å². The summed E-state index contributed by atoms with van der Waals surface area (Å²) >= 11 is 1.59. The Balaban J connectivity index is 2.40. The van der Waals surface area contributed by atoms with Gasteiger partial charge in [-0.1, -0.05) is 12.1 Å². The Kier molecular flexibility index (Phi) is 4.49. The van der Waals surface area contributed by atoms with E-state index in [0.29, 0.717) is 12.2 Å². The summed E-state index contributed by atoms with van der Waals surface area (Å²) in [6.45, 7) is 0.0617. The number of rotatable bonds is 5. The van der Waals surface area contributed by atoms with Gasteiger partial charge in [0, 0.05) is 17.1 Å². The molecule has 0 aromatic heterocycles. The lowest BCUT2D eigenvalue weighted by Gasteiger charge is -2.00. The first kappa shape index (κ1) is 11.1. The maximum absolute atomic E-state index is 10.5. The molecule has 4 heteroatoms. The van der Waals surface area contributed by atoms with Gasteiger partial charge < -0.3 is 10.8 Å². The first-order valence-electron chi connectivity index (χ1n) is 4.33. The smallest absolute Gasteiger partial charge is 0.218 e. The van der Waals surface area contributed by atoms with Crippen molar-refractivity contribution in [2.24, 2.45) is 5.73 Å². The van der Waals surface area contributed by atoms with Gasteiger partial charge in [0.1, 0.15) is 0 Å². The molecule has 1 amide bonds. The molecule has 0 atom stereocenters. The summed E-state index contributed by atoms with van der Waals surface area (Å²) in [5.41, 5.74) is 5.91. The molecule has 0 aliphatic heterocycles. The Morgan fingerprint density at radius 2 is 2.00 bits per heavy atom. The van der Waals surface area contributed by atoms with Crippen LogP contribution < -0.4 is 5.73 Å². The van der Waals surface area contributed by atoms with Gasteiger partial charge in [0.25, 0.3) is 0 Å². The van der Waals surface area contributed by atoms with E-state index in [-0.39, 0.29) is 12.5 Å². The fourth-order valence-corrected chi connectivity index (χ4v) is 1.83. The second-order valence-corrected chi connectivity index (χ2v) is 4.04. The van der Waals surface area contributed by atoms with Gasteiger partial charge in [-0.3, -0.25) is 4.79 Å². The Morgan fingerprint density at radius 1 is 1.36 bits per heavy atom. The Hall–Kier alpha value is -1.00. The molecular formula is C10H13NO2S. The molecule has 0 unspecified atom stereocenters. The van der Waals surface area contributed by atoms with Crippen LogP contribution in [-0.4, -0.2) is 16.8 Å². The van der Waals surface area contributed by atoms with Crippen LogP contribution in [0.2, 0.25) is 0 Å². The summed E-state index contributed by atoms with van der Waals surface area (Å²) in [5.74, 6) is 0.429. The topological polar surface area (TPSA) is 63.3 Å². The predicted octanol–water partition coefficient (Wildman–Crippen LogP) is 1.15. The fourth-order valence-electron chi connectivity index (χ4n) is 0.961. The van der Waals surface area contributed by atoms with Crippen LogP contribution in [0.15, 0.2) is 29.2 Å². The zero-order valence-electron chi connectivity index (χ0n) is 7.77. The molecule has 0 heterocycles. The molecule has 0 saturated heterocycles. The normalized spacial score (nSPS) is 10.1. The molecule has 1 aromatic carbocycles. The zero-order chi connectivity index (χ0) is 10.4. The number of carbonyl (C=O) groups excluding carboxylic acids is 1. The number of thioether (sulfide) groups is 1. The monoisotopic (exact) mass is 211 g/mol. The first-order chi connectivity index (χ1) is 6.72. The van der Waals surface area contributed by atoms with Gasteiger partial charge in [-0.25, -0.2) is 0 Å². The molecule has 76 valence electrons. The molecule has 3 N–H and O–H groups in total. The maximum atomic E-state index is 10.5. The summed E-state index contributed by atoms with van der Waals surface area (Å²) < 4.78 is 0. The highest BCUT2D eigenvalue weighted by Crippen LogP contribution is 2.18. The minimum absolute atomic E-state index is 0.0617. The van der Waals surface area contributed by atoms with Crippen LogP contribution in [0.4, 0.5) is 0 Å². The van der Waals surface area contributed by atoms with Crippen molar-refractivity contribution in [3.05, 3.63) is 29.8 Å². The van der Waals surface area contributed by atoms with Crippen molar-refractivity contribution >= 4 is 17.7 Å². The largest absolute Gasteiger partial charge is 0.392 e. The molecule has 1 aromatic rings. The van der Waals surface area contributed by atoms with Gasteiger partial charge in [-0.2, -0.15) is 0 Å². The number of hydrogen-bond acceptors (Lipinski definition) is 3. The van der Waals surface area contributed by atoms with Gasteiger partial charge in [0.2, 0.25) is 5.91 Å². The highest BCUT2D eigenvalue weighted by atomic mass is 32.2.